The summed E-state index contributed by atoms with van der Waals surface area (Å²) < 4.78 is 23.0. The molecule has 0 saturated carbocycles. The van der Waals surface area contributed by atoms with Crippen LogP contribution in [0.4, 0.5) is 0 Å². The van der Waals surface area contributed by atoms with Crippen molar-refractivity contribution in [3.63, 3.8) is 0 Å². The molecule has 0 saturated heterocycles. The van der Waals surface area contributed by atoms with Crippen LogP contribution in [0.2, 0.25) is 0 Å². The summed E-state index contributed by atoms with van der Waals surface area (Å²) in [6.45, 7) is 2.47. The van der Waals surface area contributed by atoms with Gasteiger partial charge in [0.15, 0.2) is 0 Å². The Morgan fingerprint density at radius 2 is 2.19 bits per heavy atom. The van der Waals surface area contributed by atoms with Gasteiger partial charge in [0.1, 0.15) is 9.84 Å². The van der Waals surface area contributed by atoms with Gasteiger partial charge >= 0.3 is 0 Å². The summed E-state index contributed by atoms with van der Waals surface area (Å²) in [5.74, 6) is 0.147. The minimum absolute atomic E-state index is 0.0611. The van der Waals surface area contributed by atoms with Gasteiger partial charge in [-0.05, 0) is 34.5 Å². The molecule has 0 aliphatic rings. The fourth-order valence-corrected chi connectivity index (χ4v) is 2.80. The highest BCUT2D eigenvalue weighted by Gasteiger charge is 2.09. The van der Waals surface area contributed by atoms with Gasteiger partial charge < -0.3 is 5.32 Å². The molecule has 1 heterocycles. The molecule has 16 heavy (non-hydrogen) atoms. The molecular formula is C10H15BrN2O2S. The van der Waals surface area contributed by atoms with Gasteiger partial charge in [-0.3, -0.25) is 4.98 Å². The van der Waals surface area contributed by atoms with Gasteiger partial charge in [0.2, 0.25) is 0 Å². The first-order valence-corrected chi connectivity index (χ1v) is 7.73. The lowest BCUT2D eigenvalue weighted by Gasteiger charge is -2.12. The monoisotopic (exact) mass is 306 g/mol. The summed E-state index contributed by atoms with van der Waals surface area (Å²) in [4.78, 5) is 4.03. The lowest BCUT2D eigenvalue weighted by molar-refractivity contribution is 0.559. The van der Waals surface area contributed by atoms with Crippen LogP contribution < -0.4 is 5.32 Å². The quantitative estimate of drug-likeness (QED) is 0.892. The van der Waals surface area contributed by atoms with Crippen molar-refractivity contribution >= 4 is 25.8 Å². The van der Waals surface area contributed by atoms with Crippen molar-refractivity contribution in [1.29, 1.82) is 0 Å². The number of pyridine rings is 1. The van der Waals surface area contributed by atoms with Crippen LogP contribution in [0, 0.1) is 0 Å². The molecule has 4 nitrogen and oxygen atoms in total. The van der Waals surface area contributed by atoms with Crippen LogP contribution in [0.5, 0.6) is 0 Å². The molecule has 0 amide bonds. The molecule has 1 N–H and O–H groups in total. The van der Waals surface area contributed by atoms with Gasteiger partial charge in [0.05, 0.1) is 5.75 Å². The Morgan fingerprint density at radius 1 is 1.50 bits per heavy atom. The Morgan fingerprint density at radius 3 is 2.75 bits per heavy atom. The summed E-state index contributed by atoms with van der Waals surface area (Å²) in [6.07, 6.45) is 4.71. The maximum Gasteiger partial charge on any atom is 0.148 e. The molecule has 1 rings (SSSR count). The molecule has 0 radical (unpaired) electrons. The Bertz CT molecular complexity index is 448. The lowest BCUT2D eigenvalue weighted by Crippen LogP contribution is -2.32. The molecule has 6 heteroatoms. The second kappa shape index (κ2) is 5.75. The zero-order chi connectivity index (χ0) is 12.2. The molecule has 1 aromatic heterocycles. The summed E-state index contributed by atoms with van der Waals surface area (Å²) in [7, 11) is -2.92. The van der Waals surface area contributed by atoms with Crippen LogP contribution in [-0.2, 0) is 16.4 Å². The molecule has 1 atom stereocenters. The van der Waals surface area contributed by atoms with E-state index < -0.39 is 9.84 Å². The van der Waals surface area contributed by atoms with Gasteiger partial charge in [-0.25, -0.2) is 8.42 Å². The number of rotatable bonds is 5. The van der Waals surface area contributed by atoms with E-state index in [4.69, 9.17) is 0 Å². The van der Waals surface area contributed by atoms with Gasteiger partial charge in [-0.1, -0.05) is 0 Å². The van der Waals surface area contributed by atoms with Crippen molar-refractivity contribution in [1.82, 2.24) is 10.3 Å². The average molecular weight is 307 g/mol. The van der Waals surface area contributed by atoms with Gasteiger partial charge in [-0.2, -0.15) is 0 Å². The van der Waals surface area contributed by atoms with E-state index in [0.717, 1.165) is 10.0 Å². The van der Waals surface area contributed by atoms with Gasteiger partial charge in [0.25, 0.3) is 0 Å². The van der Waals surface area contributed by atoms with E-state index in [0.29, 0.717) is 6.54 Å². The number of hydrogen-bond donors (Lipinski definition) is 1. The van der Waals surface area contributed by atoms with Crippen molar-refractivity contribution in [3.05, 3.63) is 28.5 Å². The SMILES string of the molecule is CC(CS(C)(=O)=O)NCc1cncc(Br)c1. The van der Waals surface area contributed by atoms with Crippen LogP contribution in [0.1, 0.15) is 12.5 Å². The fraction of sp³-hybridized carbons (Fsp3) is 0.500. The molecule has 0 spiro atoms. The van der Waals surface area contributed by atoms with Crippen molar-refractivity contribution < 1.29 is 8.42 Å². The standard InChI is InChI=1S/C10H15BrN2O2S/c1-8(7-16(2,14)15)13-5-9-3-10(11)6-12-4-9/h3-4,6,8,13H,5,7H2,1-2H3. The molecule has 0 aliphatic carbocycles. The van der Waals surface area contributed by atoms with Crippen LogP contribution in [0.3, 0.4) is 0 Å². The number of nitrogens with one attached hydrogen (secondary N) is 1. The van der Waals surface area contributed by atoms with E-state index in [1.165, 1.54) is 6.26 Å². The second-order valence-corrected chi connectivity index (χ2v) is 6.99. The highest BCUT2D eigenvalue weighted by atomic mass is 79.9. The third kappa shape index (κ3) is 5.58. The predicted octanol–water partition coefficient (Wildman–Crippen LogP) is 1.37. The summed E-state index contributed by atoms with van der Waals surface area (Å²) in [5.41, 5.74) is 1.02. The van der Waals surface area contributed by atoms with Crippen LogP contribution >= 0.6 is 15.9 Å². The minimum atomic E-state index is -2.92. The normalized spacial score (nSPS) is 13.7. The Hall–Kier alpha value is -0.460. The summed E-state index contributed by atoms with van der Waals surface area (Å²) >= 11 is 3.33. The van der Waals surface area contributed by atoms with Gasteiger partial charge in [-0.15, -0.1) is 0 Å². The molecule has 0 bridgehead atoms. The van der Waals surface area contributed by atoms with E-state index in [1.807, 2.05) is 13.0 Å². The number of hydrogen-bond acceptors (Lipinski definition) is 4. The average Bonchev–Trinajstić information content (AvgIpc) is 2.12. The number of sulfone groups is 1. The van der Waals surface area contributed by atoms with Crippen LogP contribution in [-0.4, -0.2) is 31.5 Å². The zero-order valence-electron chi connectivity index (χ0n) is 9.27. The molecule has 0 fully saturated rings. The van der Waals surface area contributed by atoms with Crippen LogP contribution in [0.15, 0.2) is 22.9 Å². The van der Waals surface area contributed by atoms with Crippen LogP contribution in [0.25, 0.3) is 0 Å². The largest absolute Gasteiger partial charge is 0.309 e. The maximum absolute atomic E-state index is 11.0. The van der Waals surface area contributed by atoms with Crippen molar-refractivity contribution in [3.8, 4) is 0 Å². The number of aromatic nitrogens is 1. The number of nitrogens with zero attached hydrogens (tertiary/aromatic N) is 1. The molecule has 90 valence electrons. The highest BCUT2D eigenvalue weighted by molar-refractivity contribution is 9.10. The van der Waals surface area contributed by atoms with E-state index in [9.17, 15) is 8.42 Å². The number of halogens is 1. The molecule has 1 aromatic rings. The van der Waals surface area contributed by atoms with E-state index in [2.05, 4.69) is 26.2 Å². The second-order valence-electron chi connectivity index (χ2n) is 3.89. The Labute approximate surface area is 105 Å². The smallest absolute Gasteiger partial charge is 0.148 e. The first kappa shape index (κ1) is 13.6. The summed E-state index contributed by atoms with van der Waals surface area (Å²) in [5, 5.41) is 3.14. The zero-order valence-corrected chi connectivity index (χ0v) is 11.7. The maximum atomic E-state index is 11.0. The highest BCUT2D eigenvalue weighted by Crippen LogP contribution is 2.09. The lowest BCUT2D eigenvalue weighted by atomic mass is 10.2. The third-order valence-electron chi connectivity index (χ3n) is 1.97. The predicted molar refractivity (Wildman–Crippen MR) is 67.9 cm³/mol. The summed E-state index contributed by atoms with van der Waals surface area (Å²) in [6, 6.07) is 1.89. The third-order valence-corrected chi connectivity index (χ3v) is 3.51. The molecule has 0 aliphatic heterocycles. The van der Waals surface area contributed by atoms with Gasteiger partial charge in [0, 0.05) is 35.7 Å². The Balaban J connectivity index is 2.46. The van der Waals surface area contributed by atoms with E-state index in [-0.39, 0.29) is 11.8 Å². The first-order valence-electron chi connectivity index (χ1n) is 4.87. The molecular weight excluding hydrogens is 292 g/mol. The topological polar surface area (TPSA) is 59.1 Å². The van der Waals surface area contributed by atoms with E-state index >= 15 is 0 Å². The van der Waals surface area contributed by atoms with E-state index in [1.54, 1.807) is 12.4 Å². The molecule has 1 unspecified atom stereocenters. The Kier molecular flexibility index (Phi) is 4.89. The fourth-order valence-electron chi connectivity index (χ4n) is 1.36. The molecule has 0 aromatic carbocycles. The van der Waals surface area contributed by atoms with Crippen molar-refractivity contribution in [2.24, 2.45) is 0 Å². The minimum Gasteiger partial charge on any atom is -0.309 e. The van der Waals surface area contributed by atoms with Crippen molar-refractivity contribution in [2.75, 3.05) is 12.0 Å². The first-order chi connectivity index (χ1) is 7.37. The van der Waals surface area contributed by atoms with Crippen molar-refractivity contribution in [2.45, 2.75) is 19.5 Å².